The van der Waals surface area contributed by atoms with E-state index < -0.39 is 0 Å². The molecule has 0 atom stereocenters. The number of fused-ring (bicyclic) bond motifs is 1. The van der Waals surface area contributed by atoms with Gasteiger partial charge in [-0.2, -0.15) is 0 Å². The van der Waals surface area contributed by atoms with Gasteiger partial charge in [0.05, 0.1) is 5.52 Å². The van der Waals surface area contributed by atoms with Crippen molar-refractivity contribution < 1.29 is 0 Å². The summed E-state index contributed by atoms with van der Waals surface area (Å²) in [6.07, 6.45) is 3.57. The molecule has 3 rings (SSSR count). The Labute approximate surface area is 121 Å². The lowest BCUT2D eigenvalue weighted by Crippen LogP contribution is -2.27. The predicted octanol–water partition coefficient (Wildman–Crippen LogP) is 2.59. The summed E-state index contributed by atoms with van der Waals surface area (Å²) >= 11 is 0. The number of rotatable bonds is 2. The first kappa shape index (κ1) is 13.7. The van der Waals surface area contributed by atoms with Crippen molar-refractivity contribution in [2.75, 3.05) is 26.2 Å². The van der Waals surface area contributed by atoms with Crippen molar-refractivity contribution in [2.45, 2.75) is 26.8 Å². The molecule has 3 nitrogen and oxygen atoms in total. The molecule has 1 aromatic heterocycles. The van der Waals surface area contributed by atoms with Gasteiger partial charge in [0.25, 0.3) is 0 Å². The van der Waals surface area contributed by atoms with Crippen LogP contribution < -0.4 is 5.32 Å². The van der Waals surface area contributed by atoms with Gasteiger partial charge in [0.2, 0.25) is 0 Å². The van der Waals surface area contributed by atoms with E-state index >= 15 is 0 Å². The molecule has 0 unspecified atom stereocenters. The lowest BCUT2D eigenvalue weighted by molar-refractivity contribution is 0.285. The van der Waals surface area contributed by atoms with Crippen molar-refractivity contribution >= 4 is 10.9 Å². The van der Waals surface area contributed by atoms with Crippen LogP contribution in [0, 0.1) is 13.8 Å². The van der Waals surface area contributed by atoms with Crippen LogP contribution in [-0.4, -0.2) is 35.6 Å². The molecule has 0 radical (unpaired) electrons. The summed E-state index contributed by atoms with van der Waals surface area (Å²) < 4.78 is 2.29. The molecule has 1 N–H and O–H groups in total. The van der Waals surface area contributed by atoms with Gasteiger partial charge >= 0.3 is 0 Å². The van der Waals surface area contributed by atoms with Crippen LogP contribution in [0.25, 0.3) is 10.9 Å². The van der Waals surface area contributed by atoms with Crippen LogP contribution in [0.15, 0.2) is 18.3 Å². The van der Waals surface area contributed by atoms with E-state index in [1.54, 1.807) is 0 Å². The maximum Gasteiger partial charge on any atom is 0.0510 e. The van der Waals surface area contributed by atoms with Gasteiger partial charge in [-0.3, -0.25) is 4.90 Å². The third-order valence-electron chi connectivity index (χ3n) is 4.32. The number of aryl methyl sites for hydroxylation is 3. The molecule has 1 aliphatic rings. The molecule has 2 heterocycles. The molecule has 1 aliphatic heterocycles. The highest BCUT2D eigenvalue weighted by Crippen LogP contribution is 2.26. The Balaban J connectivity index is 1.95. The second-order valence-electron chi connectivity index (χ2n) is 6.12. The summed E-state index contributed by atoms with van der Waals surface area (Å²) in [6, 6.07) is 4.62. The Kier molecular flexibility index (Phi) is 3.81. The second kappa shape index (κ2) is 5.58. The van der Waals surface area contributed by atoms with Crippen LogP contribution in [-0.2, 0) is 13.6 Å². The van der Waals surface area contributed by atoms with E-state index in [4.69, 9.17) is 0 Å². The number of nitrogens with one attached hydrogen (secondary N) is 1. The van der Waals surface area contributed by atoms with E-state index in [0.29, 0.717) is 0 Å². The Morgan fingerprint density at radius 2 is 2.00 bits per heavy atom. The van der Waals surface area contributed by atoms with Crippen LogP contribution in [0.4, 0.5) is 0 Å². The van der Waals surface area contributed by atoms with E-state index in [1.807, 2.05) is 0 Å². The number of aromatic nitrogens is 1. The molecule has 20 heavy (non-hydrogen) atoms. The van der Waals surface area contributed by atoms with Gasteiger partial charge in [-0.15, -0.1) is 0 Å². The zero-order valence-corrected chi connectivity index (χ0v) is 12.9. The van der Waals surface area contributed by atoms with E-state index in [-0.39, 0.29) is 0 Å². The van der Waals surface area contributed by atoms with Crippen LogP contribution in [0.1, 0.15) is 23.1 Å². The Hall–Kier alpha value is -1.32. The summed E-state index contributed by atoms with van der Waals surface area (Å²) in [5, 5.41) is 4.91. The molecule has 3 heteroatoms. The van der Waals surface area contributed by atoms with Gasteiger partial charge in [0, 0.05) is 38.3 Å². The average Bonchev–Trinajstić information content (AvgIpc) is 2.58. The van der Waals surface area contributed by atoms with Crippen LogP contribution >= 0.6 is 0 Å². The molecule has 0 spiro atoms. The summed E-state index contributed by atoms with van der Waals surface area (Å²) in [5.41, 5.74) is 5.60. The summed E-state index contributed by atoms with van der Waals surface area (Å²) in [5.74, 6) is 0. The highest BCUT2D eigenvalue weighted by Gasteiger charge is 2.14. The lowest BCUT2D eigenvalue weighted by atomic mass is 10.1. The quantitative estimate of drug-likeness (QED) is 0.906. The minimum atomic E-state index is 1.07. The number of benzene rings is 1. The molecule has 0 saturated carbocycles. The van der Waals surface area contributed by atoms with Gasteiger partial charge in [0.15, 0.2) is 0 Å². The zero-order chi connectivity index (χ0) is 14.1. The summed E-state index contributed by atoms with van der Waals surface area (Å²) in [6.45, 7) is 10.1. The number of nitrogens with zero attached hydrogens (tertiary/aromatic N) is 2. The van der Waals surface area contributed by atoms with Gasteiger partial charge < -0.3 is 9.88 Å². The molecule has 108 valence electrons. The topological polar surface area (TPSA) is 20.2 Å². The molecular weight excluding hydrogens is 246 g/mol. The molecular formula is C17H25N3. The Bertz CT molecular complexity index is 604. The smallest absolute Gasteiger partial charge is 0.0510 e. The van der Waals surface area contributed by atoms with Crippen molar-refractivity contribution in [1.29, 1.82) is 0 Å². The second-order valence-corrected chi connectivity index (χ2v) is 6.12. The lowest BCUT2D eigenvalue weighted by Gasteiger charge is -2.18. The molecule has 1 fully saturated rings. The van der Waals surface area contributed by atoms with E-state index in [9.17, 15) is 0 Å². The minimum Gasteiger partial charge on any atom is -0.350 e. The molecule has 1 saturated heterocycles. The Morgan fingerprint density at radius 3 is 2.85 bits per heavy atom. The fraction of sp³-hybridized carbons (Fsp3) is 0.529. The molecule has 0 amide bonds. The van der Waals surface area contributed by atoms with Crippen LogP contribution in [0.2, 0.25) is 0 Å². The summed E-state index contributed by atoms with van der Waals surface area (Å²) in [7, 11) is 2.16. The first-order valence-electron chi connectivity index (χ1n) is 7.63. The first-order valence-corrected chi connectivity index (χ1v) is 7.63. The highest BCUT2D eigenvalue weighted by atomic mass is 15.2. The third kappa shape index (κ3) is 2.60. The maximum atomic E-state index is 3.48. The largest absolute Gasteiger partial charge is 0.350 e. The molecule has 0 aliphatic carbocycles. The fourth-order valence-electron chi connectivity index (χ4n) is 3.47. The molecule has 1 aromatic carbocycles. The minimum absolute atomic E-state index is 1.07. The average molecular weight is 271 g/mol. The van der Waals surface area contributed by atoms with Crippen molar-refractivity contribution in [1.82, 2.24) is 14.8 Å². The standard InChI is InChI=1S/C17H25N3/c1-13-9-14(2)17-16(10-13)15(11-19(17)3)12-20-7-4-5-18-6-8-20/h9-11,18H,4-8,12H2,1-3H3. The monoisotopic (exact) mass is 271 g/mol. The first-order chi connectivity index (χ1) is 9.65. The number of hydrogen-bond donors (Lipinski definition) is 1. The van der Waals surface area contributed by atoms with Crippen LogP contribution in [0.3, 0.4) is 0 Å². The fourth-order valence-corrected chi connectivity index (χ4v) is 3.47. The van der Waals surface area contributed by atoms with Crippen molar-refractivity contribution in [3.63, 3.8) is 0 Å². The molecule has 0 bridgehead atoms. The normalized spacial score (nSPS) is 17.6. The van der Waals surface area contributed by atoms with Crippen molar-refractivity contribution in [2.24, 2.45) is 7.05 Å². The third-order valence-corrected chi connectivity index (χ3v) is 4.32. The highest BCUT2D eigenvalue weighted by molar-refractivity contribution is 5.87. The van der Waals surface area contributed by atoms with Gasteiger partial charge in [-0.1, -0.05) is 11.6 Å². The maximum absolute atomic E-state index is 3.48. The summed E-state index contributed by atoms with van der Waals surface area (Å²) in [4.78, 5) is 2.58. The van der Waals surface area contributed by atoms with Crippen LogP contribution in [0.5, 0.6) is 0 Å². The van der Waals surface area contributed by atoms with Gasteiger partial charge in [0.1, 0.15) is 0 Å². The SMILES string of the molecule is Cc1cc(C)c2c(c1)c(CN1CCCNCC1)cn2C. The van der Waals surface area contributed by atoms with Gasteiger partial charge in [-0.25, -0.2) is 0 Å². The predicted molar refractivity (Wildman–Crippen MR) is 85.2 cm³/mol. The van der Waals surface area contributed by atoms with E-state index in [2.05, 4.69) is 54.0 Å². The Morgan fingerprint density at radius 1 is 1.15 bits per heavy atom. The number of hydrogen-bond acceptors (Lipinski definition) is 2. The van der Waals surface area contributed by atoms with Crippen molar-refractivity contribution in [3.8, 4) is 0 Å². The van der Waals surface area contributed by atoms with Crippen molar-refractivity contribution in [3.05, 3.63) is 35.0 Å². The van der Waals surface area contributed by atoms with E-state index in [0.717, 1.165) is 26.2 Å². The zero-order valence-electron chi connectivity index (χ0n) is 12.9. The molecule has 2 aromatic rings. The van der Waals surface area contributed by atoms with E-state index in [1.165, 1.54) is 40.6 Å². The van der Waals surface area contributed by atoms with Gasteiger partial charge in [-0.05, 0) is 50.6 Å².